The number of aromatic carboxylic acids is 1. The predicted octanol–water partition coefficient (Wildman–Crippen LogP) is 1.98. The molecule has 2 aliphatic rings. The van der Waals surface area contributed by atoms with E-state index in [0.29, 0.717) is 4.88 Å². The largest absolute Gasteiger partial charge is 0.477 e. The third-order valence-electron chi connectivity index (χ3n) is 3.70. The maximum atomic E-state index is 10.9. The molecule has 1 aromatic rings. The average Bonchev–Trinajstić information content (AvgIpc) is 3.04. The van der Waals surface area contributed by atoms with Gasteiger partial charge in [0, 0.05) is 32.7 Å². The van der Waals surface area contributed by atoms with Crippen molar-refractivity contribution in [2.75, 3.05) is 37.6 Å². The molecule has 3 rings (SSSR count). The maximum Gasteiger partial charge on any atom is 0.345 e. The SMILES string of the molecule is O=C(O)c1ccc(N2CCN(CC3CC3)CC2)s1. The molecule has 5 heteroatoms. The van der Waals surface area contributed by atoms with Crippen LogP contribution in [0.15, 0.2) is 12.1 Å². The second-order valence-corrected chi connectivity index (χ2v) is 6.24. The monoisotopic (exact) mass is 266 g/mol. The van der Waals surface area contributed by atoms with Crippen molar-refractivity contribution < 1.29 is 9.90 Å². The highest BCUT2D eigenvalue weighted by Crippen LogP contribution is 2.31. The second-order valence-electron chi connectivity index (χ2n) is 5.17. The van der Waals surface area contributed by atoms with Crippen LogP contribution in [0.1, 0.15) is 22.5 Å². The summed E-state index contributed by atoms with van der Waals surface area (Å²) in [5.74, 6) is 0.135. The van der Waals surface area contributed by atoms with E-state index in [1.165, 1.54) is 30.7 Å². The van der Waals surface area contributed by atoms with Crippen LogP contribution in [0.3, 0.4) is 0 Å². The van der Waals surface area contributed by atoms with Gasteiger partial charge in [-0.2, -0.15) is 0 Å². The Hall–Kier alpha value is -1.07. The highest BCUT2D eigenvalue weighted by atomic mass is 32.1. The van der Waals surface area contributed by atoms with Gasteiger partial charge in [-0.3, -0.25) is 4.90 Å². The Balaban J connectivity index is 1.55. The molecule has 0 unspecified atom stereocenters. The van der Waals surface area contributed by atoms with Gasteiger partial charge in [0.1, 0.15) is 4.88 Å². The Kier molecular flexibility index (Phi) is 3.26. The number of anilines is 1. The molecule has 0 bridgehead atoms. The van der Waals surface area contributed by atoms with Crippen molar-refractivity contribution in [3.05, 3.63) is 17.0 Å². The first-order valence-electron chi connectivity index (χ1n) is 6.53. The van der Waals surface area contributed by atoms with E-state index in [1.54, 1.807) is 6.07 Å². The van der Waals surface area contributed by atoms with Crippen LogP contribution in [0.25, 0.3) is 0 Å². The summed E-state index contributed by atoms with van der Waals surface area (Å²) >= 11 is 1.38. The van der Waals surface area contributed by atoms with Gasteiger partial charge in [-0.1, -0.05) is 0 Å². The molecule has 98 valence electrons. The molecule has 1 N–H and O–H groups in total. The fourth-order valence-corrected chi connectivity index (χ4v) is 3.33. The first-order chi connectivity index (χ1) is 8.72. The van der Waals surface area contributed by atoms with Gasteiger partial charge in [-0.15, -0.1) is 11.3 Å². The van der Waals surface area contributed by atoms with Crippen molar-refractivity contribution in [3.8, 4) is 0 Å². The highest BCUT2D eigenvalue weighted by Gasteiger charge is 2.26. The number of piperazine rings is 1. The number of carboxylic acid groups (broad SMARTS) is 1. The van der Waals surface area contributed by atoms with Crippen molar-refractivity contribution in [1.82, 2.24) is 4.90 Å². The van der Waals surface area contributed by atoms with Crippen LogP contribution in [-0.2, 0) is 0 Å². The van der Waals surface area contributed by atoms with E-state index >= 15 is 0 Å². The summed E-state index contributed by atoms with van der Waals surface area (Å²) in [5.41, 5.74) is 0. The third kappa shape index (κ3) is 2.67. The molecule has 4 nitrogen and oxygen atoms in total. The van der Waals surface area contributed by atoms with Gasteiger partial charge in [0.05, 0.1) is 5.00 Å². The minimum atomic E-state index is -0.821. The molecule has 0 aromatic carbocycles. The molecule has 0 radical (unpaired) electrons. The average molecular weight is 266 g/mol. The lowest BCUT2D eigenvalue weighted by Gasteiger charge is -2.35. The zero-order valence-electron chi connectivity index (χ0n) is 10.3. The van der Waals surface area contributed by atoms with E-state index in [9.17, 15) is 4.79 Å². The molecule has 1 aliphatic heterocycles. The van der Waals surface area contributed by atoms with E-state index in [-0.39, 0.29) is 0 Å². The van der Waals surface area contributed by atoms with Gasteiger partial charge >= 0.3 is 5.97 Å². The van der Waals surface area contributed by atoms with Crippen LogP contribution >= 0.6 is 11.3 Å². The summed E-state index contributed by atoms with van der Waals surface area (Å²) in [4.78, 5) is 16.1. The molecule has 1 saturated heterocycles. The maximum absolute atomic E-state index is 10.9. The summed E-state index contributed by atoms with van der Waals surface area (Å²) in [5, 5.41) is 10.0. The van der Waals surface area contributed by atoms with Gasteiger partial charge < -0.3 is 10.0 Å². The molecular weight excluding hydrogens is 248 g/mol. The molecule has 2 fully saturated rings. The molecular formula is C13H18N2O2S. The van der Waals surface area contributed by atoms with E-state index in [0.717, 1.165) is 37.1 Å². The van der Waals surface area contributed by atoms with E-state index in [2.05, 4.69) is 9.80 Å². The molecule has 1 saturated carbocycles. The van der Waals surface area contributed by atoms with Crippen LogP contribution in [0.4, 0.5) is 5.00 Å². The van der Waals surface area contributed by atoms with Gasteiger partial charge in [-0.05, 0) is 30.9 Å². The third-order valence-corrected chi connectivity index (χ3v) is 4.83. The van der Waals surface area contributed by atoms with Gasteiger partial charge in [0.25, 0.3) is 0 Å². The Morgan fingerprint density at radius 2 is 2.00 bits per heavy atom. The fourth-order valence-electron chi connectivity index (χ4n) is 2.43. The summed E-state index contributed by atoms with van der Waals surface area (Å²) in [6.45, 7) is 5.52. The molecule has 18 heavy (non-hydrogen) atoms. The number of hydrogen-bond donors (Lipinski definition) is 1. The molecule has 0 atom stereocenters. The molecule has 0 spiro atoms. The van der Waals surface area contributed by atoms with Crippen molar-refractivity contribution in [2.45, 2.75) is 12.8 Å². The van der Waals surface area contributed by atoms with Crippen LogP contribution in [0.2, 0.25) is 0 Å². The minimum absolute atomic E-state index is 0.436. The number of carboxylic acids is 1. The smallest absolute Gasteiger partial charge is 0.345 e. The minimum Gasteiger partial charge on any atom is -0.477 e. The van der Waals surface area contributed by atoms with Crippen molar-refractivity contribution in [3.63, 3.8) is 0 Å². The van der Waals surface area contributed by atoms with Gasteiger partial charge in [-0.25, -0.2) is 4.79 Å². The zero-order valence-corrected chi connectivity index (χ0v) is 11.2. The number of hydrogen-bond acceptors (Lipinski definition) is 4. The Morgan fingerprint density at radius 3 is 2.56 bits per heavy atom. The predicted molar refractivity (Wildman–Crippen MR) is 72.7 cm³/mol. The summed E-state index contributed by atoms with van der Waals surface area (Å²) in [6, 6.07) is 3.64. The van der Waals surface area contributed by atoms with Gasteiger partial charge in [0.2, 0.25) is 0 Å². The first kappa shape index (κ1) is 12.0. The van der Waals surface area contributed by atoms with Crippen molar-refractivity contribution >= 4 is 22.3 Å². The van der Waals surface area contributed by atoms with Crippen LogP contribution in [0.5, 0.6) is 0 Å². The van der Waals surface area contributed by atoms with E-state index in [1.807, 2.05) is 6.07 Å². The quantitative estimate of drug-likeness (QED) is 0.905. The fraction of sp³-hybridized carbons (Fsp3) is 0.615. The van der Waals surface area contributed by atoms with Crippen LogP contribution < -0.4 is 4.90 Å². The standard InChI is InChI=1S/C13H18N2O2S/c16-13(17)11-3-4-12(18-11)15-7-5-14(6-8-15)9-10-1-2-10/h3-4,10H,1-2,5-9H2,(H,16,17). The lowest BCUT2D eigenvalue weighted by Crippen LogP contribution is -2.46. The summed E-state index contributed by atoms with van der Waals surface area (Å²) < 4.78 is 0. The summed E-state index contributed by atoms with van der Waals surface area (Å²) in [7, 11) is 0. The first-order valence-corrected chi connectivity index (χ1v) is 7.34. The molecule has 1 aliphatic carbocycles. The number of carbonyl (C=O) groups is 1. The zero-order chi connectivity index (χ0) is 12.5. The molecule has 2 heterocycles. The lowest BCUT2D eigenvalue weighted by atomic mass is 10.3. The number of thiophene rings is 1. The highest BCUT2D eigenvalue weighted by molar-refractivity contribution is 7.17. The lowest BCUT2D eigenvalue weighted by molar-refractivity contribution is 0.0702. The molecule has 1 aromatic heterocycles. The molecule has 0 amide bonds. The Bertz CT molecular complexity index is 434. The van der Waals surface area contributed by atoms with Gasteiger partial charge in [0.15, 0.2) is 0 Å². The number of nitrogens with zero attached hydrogens (tertiary/aromatic N) is 2. The normalized spacial score (nSPS) is 21.2. The van der Waals surface area contributed by atoms with E-state index < -0.39 is 5.97 Å². The topological polar surface area (TPSA) is 43.8 Å². The van der Waals surface area contributed by atoms with Crippen LogP contribution in [-0.4, -0.2) is 48.7 Å². The Labute approximate surface area is 111 Å². The number of rotatable bonds is 4. The van der Waals surface area contributed by atoms with Crippen molar-refractivity contribution in [1.29, 1.82) is 0 Å². The van der Waals surface area contributed by atoms with Crippen molar-refractivity contribution in [2.24, 2.45) is 5.92 Å². The van der Waals surface area contributed by atoms with Crippen LogP contribution in [0, 0.1) is 5.92 Å². The Morgan fingerprint density at radius 1 is 1.28 bits per heavy atom. The van der Waals surface area contributed by atoms with E-state index in [4.69, 9.17) is 5.11 Å². The second kappa shape index (κ2) is 4.90. The summed E-state index contributed by atoms with van der Waals surface area (Å²) in [6.07, 6.45) is 2.82.